The first kappa shape index (κ1) is 13.9. The molecule has 94 valence electrons. The Bertz CT molecular complexity index is 408. The van der Waals surface area contributed by atoms with Crippen LogP contribution in [0.5, 0.6) is 0 Å². The number of hydrogen-bond donors (Lipinski definition) is 1. The van der Waals surface area contributed by atoms with Crippen molar-refractivity contribution in [1.29, 1.82) is 0 Å². The van der Waals surface area contributed by atoms with Crippen molar-refractivity contribution in [3.05, 3.63) is 16.1 Å². The average molecular weight is 276 g/mol. The second kappa shape index (κ2) is 6.56. The molecule has 5 nitrogen and oxygen atoms in total. The maximum absolute atomic E-state index is 11.7. The van der Waals surface area contributed by atoms with Crippen LogP contribution in [0.2, 0.25) is 0 Å². The number of nitrogens with one attached hydrogen (secondary N) is 1. The summed E-state index contributed by atoms with van der Waals surface area (Å²) in [5.74, 6) is 0.0178. The third-order valence-corrected chi connectivity index (χ3v) is 3.30. The lowest BCUT2D eigenvalue weighted by atomic mass is 10.3. The van der Waals surface area contributed by atoms with Crippen molar-refractivity contribution in [1.82, 2.24) is 15.2 Å². The van der Waals surface area contributed by atoms with Crippen LogP contribution in [0.1, 0.15) is 10.7 Å². The second-order valence-electron chi connectivity index (χ2n) is 3.47. The van der Waals surface area contributed by atoms with Gasteiger partial charge in [0.05, 0.1) is 24.5 Å². The van der Waals surface area contributed by atoms with E-state index >= 15 is 0 Å². The number of carbonyl (C=O) groups is 2. The van der Waals surface area contributed by atoms with Gasteiger partial charge >= 0.3 is 0 Å². The Morgan fingerprint density at radius 1 is 1.59 bits per heavy atom. The van der Waals surface area contributed by atoms with Gasteiger partial charge in [-0.1, -0.05) is 0 Å². The van der Waals surface area contributed by atoms with Gasteiger partial charge in [0.1, 0.15) is 5.01 Å². The fourth-order valence-corrected chi connectivity index (χ4v) is 2.15. The highest BCUT2D eigenvalue weighted by Gasteiger charge is 2.14. The SMILES string of the molecule is CNC(=O)CN(C)C(=O)Cc1nc(CCl)cs1. The van der Waals surface area contributed by atoms with Crippen LogP contribution >= 0.6 is 22.9 Å². The smallest absolute Gasteiger partial charge is 0.239 e. The predicted octanol–water partition coefficient (Wildman–Crippen LogP) is 0.629. The van der Waals surface area contributed by atoms with Crippen molar-refractivity contribution in [3.8, 4) is 0 Å². The molecule has 0 spiro atoms. The van der Waals surface area contributed by atoms with Crippen LogP contribution in [0, 0.1) is 0 Å². The molecule has 0 fully saturated rings. The third-order valence-electron chi connectivity index (χ3n) is 2.12. The molecule has 0 saturated heterocycles. The van der Waals surface area contributed by atoms with Crippen LogP contribution < -0.4 is 5.32 Å². The molecule has 1 N–H and O–H groups in total. The molecule has 0 aliphatic rings. The number of hydrogen-bond acceptors (Lipinski definition) is 4. The Balaban J connectivity index is 2.50. The van der Waals surface area contributed by atoms with E-state index in [0.29, 0.717) is 5.88 Å². The fraction of sp³-hybridized carbons (Fsp3) is 0.500. The van der Waals surface area contributed by atoms with Gasteiger partial charge in [-0.3, -0.25) is 9.59 Å². The third kappa shape index (κ3) is 4.32. The summed E-state index contributed by atoms with van der Waals surface area (Å²) in [6, 6.07) is 0. The molecule has 1 aromatic heterocycles. The van der Waals surface area contributed by atoms with Gasteiger partial charge in [0.2, 0.25) is 11.8 Å². The fourth-order valence-electron chi connectivity index (χ4n) is 1.14. The Hall–Kier alpha value is -1.14. The Morgan fingerprint density at radius 3 is 2.82 bits per heavy atom. The van der Waals surface area contributed by atoms with E-state index in [1.165, 1.54) is 23.3 Å². The lowest BCUT2D eigenvalue weighted by Crippen LogP contribution is -2.37. The first-order chi connectivity index (χ1) is 8.06. The van der Waals surface area contributed by atoms with Crippen LogP contribution in [-0.4, -0.2) is 42.3 Å². The van der Waals surface area contributed by atoms with E-state index in [1.807, 2.05) is 5.38 Å². The number of halogens is 1. The number of carbonyl (C=O) groups excluding carboxylic acids is 2. The van der Waals surface area contributed by atoms with Crippen LogP contribution in [-0.2, 0) is 21.9 Å². The van der Waals surface area contributed by atoms with Crippen LogP contribution in [0.3, 0.4) is 0 Å². The number of rotatable bonds is 5. The average Bonchev–Trinajstić information content (AvgIpc) is 2.76. The van der Waals surface area contributed by atoms with Crippen molar-refractivity contribution in [2.75, 3.05) is 20.6 Å². The monoisotopic (exact) mass is 275 g/mol. The molecule has 0 aliphatic carbocycles. The maximum atomic E-state index is 11.7. The van der Waals surface area contributed by atoms with Gasteiger partial charge < -0.3 is 10.2 Å². The summed E-state index contributed by atoms with van der Waals surface area (Å²) >= 11 is 7.02. The zero-order valence-electron chi connectivity index (χ0n) is 9.70. The molecule has 0 aliphatic heterocycles. The van der Waals surface area contributed by atoms with E-state index in [0.717, 1.165) is 10.7 Å². The largest absolute Gasteiger partial charge is 0.358 e. The summed E-state index contributed by atoms with van der Waals surface area (Å²) in [5, 5.41) is 5.01. The van der Waals surface area contributed by atoms with Gasteiger partial charge in [-0.05, 0) is 0 Å². The molecule has 17 heavy (non-hydrogen) atoms. The number of likely N-dealkylation sites (N-methyl/N-ethyl adjacent to an activating group) is 2. The van der Waals surface area contributed by atoms with E-state index in [9.17, 15) is 9.59 Å². The lowest BCUT2D eigenvalue weighted by Gasteiger charge is -2.15. The lowest BCUT2D eigenvalue weighted by molar-refractivity contribution is -0.134. The number of alkyl halides is 1. The molecule has 0 unspecified atom stereocenters. The van der Waals surface area contributed by atoms with E-state index in [1.54, 1.807) is 7.05 Å². The highest BCUT2D eigenvalue weighted by molar-refractivity contribution is 7.09. The van der Waals surface area contributed by atoms with Crippen LogP contribution in [0.25, 0.3) is 0 Å². The molecule has 0 saturated carbocycles. The second-order valence-corrected chi connectivity index (χ2v) is 4.68. The highest BCUT2D eigenvalue weighted by atomic mass is 35.5. The van der Waals surface area contributed by atoms with Gasteiger partial charge in [0.25, 0.3) is 0 Å². The molecule has 0 aromatic carbocycles. The van der Waals surface area contributed by atoms with Crippen molar-refractivity contribution in [2.45, 2.75) is 12.3 Å². The quantitative estimate of drug-likeness (QED) is 0.802. The van der Waals surface area contributed by atoms with Crippen molar-refractivity contribution >= 4 is 34.8 Å². The van der Waals surface area contributed by atoms with Crippen molar-refractivity contribution in [2.24, 2.45) is 0 Å². The Morgan fingerprint density at radius 2 is 2.29 bits per heavy atom. The summed E-state index contributed by atoms with van der Waals surface area (Å²) in [6.07, 6.45) is 0.203. The summed E-state index contributed by atoms with van der Waals surface area (Å²) in [4.78, 5) is 28.4. The van der Waals surface area contributed by atoms with Gasteiger partial charge in [0, 0.05) is 19.5 Å². The minimum Gasteiger partial charge on any atom is -0.358 e. The van der Waals surface area contributed by atoms with E-state index in [-0.39, 0.29) is 24.8 Å². The molecule has 0 radical (unpaired) electrons. The molecule has 1 aromatic rings. The minimum absolute atomic E-state index is 0.0586. The maximum Gasteiger partial charge on any atom is 0.239 e. The summed E-state index contributed by atoms with van der Waals surface area (Å²) in [7, 11) is 3.13. The molecule has 2 amide bonds. The van der Waals surface area contributed by atoms with Gasteiger partial charge in [0.15, 0.2) is 0 Å². The standard InChI is InChI=1S/C10H14ClN3O2S/c1-12-8(15)5-14(2)10(16)3-9-13-7(4-11)6-17-9/h6H,3-5H2,1-2H3,(H,12,15). The number of aromatic nitrogens is 1. The summed E-state index contributed by atoms with van der Waals surface area (Å²) in [6.45, 7) is 0.0586. The molecule has 1 heterocycles. The van der Waals surface area contributed by atoms with E-state index in [4.69, 9.17) is 11.6 Å². The van der Waals surface area contributed by atoms with Crippen molar-refractivity contribution in [3.63, 3.8) is 0 Å². The number of thiazole rings is 1. The molecule has 1 rings (SSSR count). The summed E-state index contributed by atoms with van der Waals surface area (Å²) in [5.41, 5.74) is 0.772. The van der Waals surface area contributed by atoms with E-state index in [2.05, 4.69) is 10.3 Å². The van der Waals surface area contributed by atoms with E-state index < -0.39 is 0 Å². The van der Waals surface area contributed by atoms with Gasteiger partial charge in [-0.25, -0.2) is 4.98 Å². The zero-order valence-corrected chi connectivity index (χ0v) is 11.3. The molecule has 0 atom stereocenters. The molecule has 7 heteroatoms. The minimum atomic E-state index is -0.193. The predicted molar refractivity (Wildman–Crippen MR) is 67.1 cm³/mol. The Kier molecular flexibility index (Phi) is 5.37. The summed E-state index contributed by atoms with van der Waals surface area (Å²) < 4.78 is 0. The zero-order chi connectivity index (χ0) is 12.8. The highest BCUT2D eigenvalue weighted by Crippen LogP contribution is 2.12. The number of amides is 2. The van der Waals surface area contributed by atoms with Gasteiger partial charge in [-0.2, -0.15) is 0 Å². The molecule has 0 bridgehead atoms. The normalized spacial score (nSPS) is 10.1. The molecular formula is C10H14ClN3O2S. The first-order valence-electron chi connectivity index (χ1n) is 5.00. The first-order valence-corrected chi connectivity index (χ1v) is 6.42. The van der Waals surface area contributed by atoms with Crippen LogP contribution in [0.15, 0.2) is 5.38 Å². The van der Waals surface area contributed by atoms with Crippen molar-refractivity contribution < 1.29 is 9.59 Å². The molecular weight excluding hydrogens is 262 g/mol. The van der Waals surface area contributed by atoms with Gasteiger partial charge in [-0.15, -0.1) is 22.9 Å². The van der Waals surface area contributed by atoms with Crippen LogP contribution in [0.4, 0.5) is 0 Å². The topological polar surface area (TPSA) is 62.3 Å². The Labute approximate surface area is 109 Å². The number of nitrogens with zero attached hydrogens (tertiary/aromatic N) is 2.